The maximum Gasteiger partial charge on any atom is 0.285 e. The number of rotatable bonds is 6. The molecule has 0 amide bonds. The van der Waals surface area contributed by atoms with Gasteiger partial charge in [-0.05, 0) is 30.2 Å². The fourth-order valence-electron chi connectivity index (χ4n) is 2.52. The molecule has 3 aromatic rings. The van der Waals surface area contributed by atoms with Crippen molar-refractivity contribution in [1.29, 1.82) is 0 Å². The van der Waals surface area contributed by atoms with Crippen molar-refractivity contribution in [2.24, 2.45) is 4.40 Å². The fraction of sp³-hybridized carbons (Fsp3) is 0.136. The van der Waals surface area contributed by atoms with Crippen LogP contribution in [0, 0.1) is 6.92 Å². The zero-order valence-electron chi connectivity index (χ0n) is 15.1. The van der Waals surface area contributed by atoms with E-state index in [9.17, 15) is 8.42 Å². The molecule has 27 heavy (non-hydrogen) atoms. The SMILES string of the molecule is Cc1ccc(S(=O)(=O)/N=C(/Cc2ccccc2)OCc2ccccc2)cc1. The lowest BCUT2D eigenvalue weighted by molar-refractivity contribution is 0.286. The molecule has 0 bridgehead atoms. The van der Waals surface area contributed by atoms with E-state index in [0.29, 0.717) is 6.42 Å². The number of aryl methyl sites for hydroxylation is 1. The van der Waals surface area contributed by atoms with Crippen molar-refractivity contribution < 1.29 is 13.2 Å². The molecule has 0 N–H and O–H groups in total. The predicted octanol–water partition coefficient (Wildman–Crippen LogP) is 4.54. The number of benzene rings is 3. The summed E-state index contributed by atoms with van der Waals surface area (Å²) in [7, 11) is -3.84. The lowest BCUT2D eigenvalue weighted by Gasteiger charge is -2.10. The number of ether oxygens (including phenoxy) is 1. The summed E-state index contributed by atoms with van der Waals surface area (Å²) in [6.07, 6.45) is 0.304. The second-order valence-corrected chi connectivity index (χ2v) is 7.81. The molecule has 0 aliphatic carbocycles. The highest BCUT2D eigenvalue weighted by Crippen LogP contribution is 2.15. The van der Waals surface area contributed by atoms with E-state index in [1.54, 1.807) is 24.3 Å². The molecule has 138 valence electrons. The monoisotopic (exact) mass is 379 g/mol. The van der Waals surface area contributed by atoms with Crippen LogP contribution in [0.2, 0.25) is 0 Å². The molecule has 0 atom stereocenters. The van der Waals surface area contributed by atoms with E-state index in [4.69, 9.17) is 4.74 Å². The molecule has 0 saturated heterocycles. The summed E-state index contributed by atoms with van der Waals surface area (Å²) >= 11 is 0. The predicted molar refractivity (Wildman–Crippen MR) is 107 cm³/mol. The van der Waals surface area contributed by atoms with Gasteiger partial charge in [0.1, 0.15) is 6.61 Å². The molecule has 0 aromatic heterocycles. The Morgan fingerprint density at radius 3 is 1.96 bits per heavy atom. The number of sulfonamides is 1. The fourth-order valence-corrected chi connectivity index (χ4v) is 3.49. The van der Waals surface area contributed by atoms with Gasteiger partial charge in [0, 0.05) is 6.42 Å². The van der Waals surface area contributed by atoms with Crippen LogP contribution in [0.1, 0.15) is 16.7 Å². The van der Waals surface area contributed by atoms with Crippen LogP contribution in [0.4, 0.5) is 0 Å². The van der Waals surface area contributed by atoms with E-state index in [1.807, 2.05) is 67.6 Å². The number of nitrogens with zero attached hydrogens (tertiary/aromatic N) is 1. The third kappa shape index (κ3) is 5.53. The summed E-state index contributed by atoms with van der Waals surface area (Å²) in [5, 5.41) is 0. The van der Waals surface area contributed by atoms with Crippen LogP contribution >= 0.6 is 0 Å². The molecular formula is C22H21NO3S. The normalized spacial score (nSPS) is 12.0. The van der Waals surface area contributed by atoms with Crippen molar-refractivity contribution >= 4 is 15.9 Å². The zero-order valence-corrected chi connectivity index (χ0v) is 15.9. The third-order valence-electron chi connectivity index (χ3n) is 3.99. The molecule has 0 spiro atoms. The van der Waals surface area contributed by atoms with Crippen molar-refractivity contribution in [3.63, 3.8) is 0 Å². The highest BCUT2D eigenvalue weighted by atomic mass is 32.2. The van der Waals surface area contributed by atoms with Gasteiger partial charge in [0.2, 0.25) is 5.90 Å². The van der Waals surface area contributed by atoms with Crippen LogP contribution in [0.15, 0.2) is 94.2 Å². The zero-order chi connectivity index (χ0) is 19.1. The van der Waals surface area contributed by atoms with Crippen LogP contribution in [0.5, 0.6) is 0 Å². The Morgan fingerprint density at radius 2 is 1.37 bits per heavy atom. The van der Waals surface area contributed by atoms with Gasteiger partial charge in [-0.3, -0.25) is 0 Å². The standard InChI is InChI=1S/C22H21NO3S/c1-18-12-14-21(15-13-18)27(24,25)23-22(16-19-8-4-2-5-9-19)26-17-20-10-6-3-7-11-20/h2-15H,16-17H2,1H3/b23-22-. The first-order valence-corrected chi connectivity index (χ1v) is 10.1. The smallest absolute Gasteiger partial charge is 0.285 e. The van der Waals surface area contributed by atoms with Gasteiger partial charge in [-0.25, -0.2) is 0 Å². The molecule has 5 heteroatoms. The summed E-state index contributed by atoms with van der Waals surface area (Å²) in [5.74, 6) is 0.172. The first-order valence-electron chi connectivity index (χ1n) is 8.64. The molecule has 0 fully saturated rings. The summed E-state index contributed by atoms with van der Waals surface area (Å²) in [6.45, 7) is 2.17. The largest absolute Gasteiger partial charge is 0.475 e. The lowest BCUT2D eigenvalue weighted by atomic mass is 10.1. The minimum Gasteiger partial charge on any atom is -0.475 e. The number of hydrogen-bond acceptors (Lipinski definition) is 3. The Morgan fingerprint density at radius 1 is 0.815 bits per heavy atom. The van der Waals surface area contributed by atoms with Crippen molar-refractivity contribution in [3.05, 3.63) is 102 Å². The van der Waals surface area contributed by atoms with E-state index in [2.05, 4.69) is 4.40 Å². The van der Waals surface area contributed by atoms with Crippen LogP contribution < -0.4 is 0 Å². The molecule has 0 radical (unpaired) electrons. The highest BCUT2D eigenvalue weighted by Gasteiger charge is 2.16. The van der Waals surface area contributed by atoms with Gasteiger partial charge in [0.15, 0.2) is 0 Å². The molecule has 0 aliphatic heterocycles. The van der Waals surface area contributed by atoms with Gasteiger partial charge in [-0.15, -0.1) is 4.40 Å². The van der Waals surface area contributed by atoms with Crippen molar-refractivity contribution in [3.8, 4) is 0 Å². The van der Waals surface area contributed by atoms with Crippen molar-refractivity contribution in [2.45, 2.75) is 24.8 Å². The summed E-state index contributed by atoms with van der Waals surface area (Å²) in [4.78, 5) is 0.155. The molecule has 3 rings (SSSR count). The Balaban J connectivity index is 1.87. The molecule has 0 unspecified atom stereocenters. The van der Waals surface area contributed by atoms with Crippen LogP contribution in [0.25, 0.3) is 0 Å². The summed E-state index contributed by atoms with van der Waals surface area (Å²) in [5.41, 5.74) is 2.87. The molecular weight excluding hydrogens is 358 g/mol. The summed E-state index contributed by atoms with van der Waals surface area (Å²) < 4.78 is 35.1. The van der Waals surface area contributed by atoms with E-state index < -0.39 is 10.0 Å². The maximum absolute atomic E-state index is 12.7. The average molecular weight is 379 g/mol. The first kappa shape index (κ1) is 18.9. The molecule has 4 nitrogen and oxygen atoms in total. The Bertz CT molecular complexity index is 996. The third-order valence-corrected chi connectivity index (χ3v) is 5.30. The summed E-state index contributed by atoms with van der Waals surface area (Å²) in [6, 6.07) is 25.8. The van der Waals surface area contributed by atoms with E-state index >= 15 is 0 Å². The van der Waals surface area contributed by atoms with E-state index in [1.165, 1.54) is 0 Å². The molecule has 3 aromatic carbocycles. The van der Waals surface area contributed by atoms with Gasteiger partial charge < -0.3 is 4.74 Å². The number of hydrogen-bond donors (Lipinski definition) is 0. The Hall–Kier alpha value is -2.92. The van der Waals surface area contributed by atoms with E-state index in [0.717, 1.165) is 16.7 Å². The quantitative estimate of drug-likeness (QED) is 0.467. The minimum atomic E-state index is -3.84. The van der Waals surface area contributed by atoms with Gasteiger partial charge >= 0.3 is 0 Å². The van der Waals surface area contributed by atoms with Crippen LogP contribution in [0.3, 0.4) is 0 Å². The molecule has 0 saturated carbocycles. The van der Waals surface area contributed by atoms with Crippen molar-refractivity contribution in [2.75, 3.05) is 0 Å². The first-order chi connectivity index (χ1) is 13.0. The van der Waals surface area contributed by atoms with Crippen molar-refractivity contribution in [1.82, 2.24) is 0 Å². The highest BCUT2D eigenvalue weighted by molar-refractivity contribution is 7.90. The maximum atomic E-state index is 12.7. The van der Waals surface area contributed by atoms with Gasteiger partial charge in [-0.1, -0.05) is 78.4 Å². The topological polar surface area (TPSA) is 55.7 Å². The molecule has 0 heterocycles. The van der Waals surface area contributed by atoms with Gasteiger partial charge in [-0.2, -0.15) is 8.42 Å². The minimum absolute atomic E-state index is 0.155. The van der Waals surface area contributed by atoms with E-state index in [-0.39, 0.29) is 17.4 Å². The lowest BCUT2D eigenvalue weighted by Crippen LogP contribution is -2.12. The Labute approximate surface area is 160 Å². The van der Waals surface area contributed by atoms with Gasteiger partial charge in [0.25, 0.3) is 10.0 Å². The average Bonchev–Trinajstić information content (AvgIpc) is 2.68. The second-order valence-electron chi connectivity index (χ2n) is 6.21. The van der Waals surface area contributed by atoms with Gasteiger partial charge in [0.05, 0.1) is 4.90 Å². The van der Waals surface area contributed by atoms with Crippen LogP contribution in [-0.4, -0.2) is 14.3 Å². The Kier molecular flexibility index (Phi) is 6.04. The molecule has 0 aliphatic rings. The van der Waals surface area contributed by atoms with Crippen LogP contribution in [-0.2, 0) is 27.8 Å². The second kappa shape index (κ2) is 8.64.